The first-order valence-corrected chi connectivity index (χ1v) is 6.41. The zero-order chi connectivity index (χ0) is 12.3. The fraction of sp³-hybridized carbons (Fsp3) is 0.600. The summed E-state index contributed by atoms with van der Waals surface area (Å²) in [5.74, 6) is 0.952. The maximum absolute atomic E-state index is 5.80. The third kappa shape index (κ3) is 3.47. The van der Waals surface area contributed by atoms with Crippen molar-refractivity contribution in [2.45, 2.75) is 45.1 Å². The molecule has 0 bridgehead atoms. The van der Waals surface area contributed by atoms with Crippen molar-refractivity contribution in [2.24, 2.45) is 0 Å². The van der Waals surface area contributed by atoms with E-state index in [2.05, 4.69) is 39.0 Å². The fourth-order valence-corrected chi connectivity index (χ4v) is 2.02. The molecule has 1 saturated heterocycles. The molecule has 94 valence electrons. The molecule has 0 N–H and O–H groups in total. The van der Waals surface area contributed by atoms with Crippen LogP contribution in [0.5, 0.6) is 5.75 Å². The third-order valence-electron chi connectivity index (χ3n) is 3.16. The van der Waals surface area contributed by atoms with Crippen molar-refractivity contribution in [2.75, 3.05) is 13.2 Å². The van der Waals surface area contributed by atoms with Crippen LogP contribution in [0.4, 0.5) is 0 Å². The average molecular weight is 234 g/mol. The maximum Gasteiger partial charge on any atom is 0.119 e. The van der Waals surface area contributed by atoms with Crippen LogP contribution in [0.1, 0.15) is 39.2 Å². The van der Waals surface area contributed by atoms with E-state index in [-0.39, 0.29) is 11.5 Å². The Hall–Kier alpha value is -1.02. The Morgan fingerprint density at radius 3 is 2.82 bits per heavy atom. The van der Waals surface area contributed by atoms with Gasteiger partial charge < -0.3 is 9.47 Å². The summed E-state index contributed by atoms with van der Waals surface area (Å²) in [5.41, 5.74) is 1.48. The van der Waals surface area contributed by atoms with Crippen molar-refractivity contribution >= 4 is 0 Å². The molecule has 0 radical (unpaired) electrons. The number of benzene rings is 1. The minimum Gasteiger partial charge on any atom is -0.491 e. The van der Waals surface area contributed by atoms with E-state index >= 15 is 0 Å². The number of hydrogen-bond donors (Lipinski definition) is 0. The number of rotatable bonds is 3. The van der Waals surface area contributed by atoms with Crippen LogP contribution in [0.15, 0.2) is 24.3 Å². The van der Waals surface area contributed by atoms with E-state index < -0.39 is 0 Å². The van der Waals surface area contributed by atoms with Crippen LogP contribution in [0.2, 0.25) is 0 Å². The first-order valence-electron chi connectivity index (χ1n) is 6.41. The number of ether oxygens (including phenoxy) is 2. The highest BCUT2D eigenvalue weighted by atomic mass is 16.5. The molecule has 0 amide bonds. The molecule has 0 saturated carbocycles. The van der Waals surface area contributed by atoms with Gasteiger partial charge in [0.1, 0.15) is 12.4 Å². The summed E-state index contributed by atoms with van der Waals surface area (Å²) in [6.07, 6.45) is 2.57. The topological polar surface area (TPSA) is 18.5 Å². The van der Waals surface area contributed by atoms with E-state index in [0.29, 0.717) is 6.61 Å². The van der Waals surface area contributed by atoms with E-state index in [4.69, 9.17) is 9.47 Å². The van der Waals surface area contributed by atoms with Gasteiger partial charge >= 0.3 is 0 Å². The molecule has 2 heteroatoms. The van der Waals surface area contributed by atoms with E-state index in [0.717, 1.165) is 25.2 Å². The van der Waals surface area contributed by atoms with Gasteiger partial charge in [-0.05, 0) is 36.0 Å². The largest absolute Gasteiger partial charge is 0.491 e. The van der Waals surface area contributed by atoms with E-state index in [1.165, 1.54) is 5.56 Å². The Labute approximate surface area is 104 Å². The second-order valence-electron chi connectivity index (χ2n) is 5.72. The second-order valence-corrected chi connectivity index (χ2v) is 5.72. The monoisotopic (exact) mass is 234 g/mol. The molecular weight excluding hydrogens is 212 g/mol. The van der Waals surface area contributed by atoms with Crippen molar-refractivity contribution in [3.8, 4) is 5.75 Å². The molecule has 1 aromatic carbocycles. The SMILES string of the molecule is CC(C)(C)c1cccc(OCC2CCCO2)c1. The van der Waals surface area contributed by atoms with Crippen molar-refractivity contribution in [3.63, 3.8) is 0 Å². The zero-order valence-corrected chi connectivity index (χ0v) is 11.0. The molecule has 2 rings (SSSR count). The highest BCUT2D eigenvalue weighted by molar-refractivity contribution is 5.32. The lowest BCUT2D eigenvalue weighted by Gasteiger charge is -2.20. The summed E-state index contributed by atoms with van der Waals surface area (Å²) >= 11 is 0. The molecule has 1 aliphatic heterocycles. The Balaban J connectivity index is 1.96. The Kier molecular flexibility index (Phi) is 3.72. The molecule has 2 nitrogen and oxygen atoms in total. The molecule has 0 spiro atoms. The molecule has 1 aliphatic rings. The van der Waals surface area contributed by atoms with Gasteiger partial charge in [-0.25, -0.2) is 0 Å². The van der Waals surface area contributed by atoms with E-state index in [1.807, 2.05) is 6.07 Å². The lowest BCUT2D eigenvalue weighted by molar-refractivity contribution is 0.0679. The van der Waals surface area contributed by atoms with Crippen molar-refractivity contribution < 1.29 is 9.47 Å². The van der Waals surface area contributed by atoms with Gasteiger partial charge in [0.2, 0.25) is 0 Å². The molecule has 0 aromatic heterocycles. The van der Waals surface area contributed by atoms with Crippen molar-refractivity contribution in [1.29, 1.82) is 0 Å². The highest BCUT2D eigenvalue weighted by Gasteiger charge is 2.17. The first-order chi connectivity index (χ1) is 8.05. The van der Waals surface area contributed by atoms with Gasteiger partial charge in [0.15, 0.2) is 0 Å². The summed E-state index contributed by atoms with van der Waals surface area (Å²) in [6.45, 7) is 8.20. The quantitative estimate of drug-likeness (QED) is 0.796. The summed E-state index contributed by atoms with van der Waals surface area (Å²) in [4.78, 5) is 0. The summed E-state index contributed by atoms with van der Waals surface area (Å²) < 4.78 is 11.3. The lowest BCUT2D eigenvalue weighted by atomic mass is 9.87. The van der Waals surface area contributed by atoms with Crippen LogP contribution in [-0.2, 0) is 10.2 Å². The van der Waals surface area contributed by atoms with Gasteiger partial charge in [0.05, 0.1) is 6.10 Å². The molecule has 0 aliphatic carbocycles. The molecule has 1 fully saturated rings. The van der Waals surface area contributed by atoms with Crippen molar-refractivity contribution in [1.82, 2.24) is 0 Å². The van der Waals surface area contributed by atoms with E-state index in [9.17, 15) is 0 Å². The van der Waals surface area contributed by atoms with Crippen LogP contribution in [0, 0.1) is 0 Å². The molecule has 1 heterocycles. The summed E-state index contributed by atoms with van der Waals surface area (Å²) in [5, 5.41) is 0. The van der Waals surface area contributed by atoms with Gasteiger partial charge in [-0.15, -0.1) is 0 Å². The summed E-state index contributed by atoms with van der Waals surface area (Å²) in [6, 6.07) is 8.36. The molecular formula is C15H22O2. The molecule has 17 heavy (non-hydrogen) atoms. The summed E-state index contributed by atoms with van der Waals surface area (Å²) in [7, 11) is 0. The Bertz CT molecular complexity index is 359. The number of hydrogen-bond acceptors (Lipinski definition) is 2. The van der Waals surface area contributed by atoms with Crippen LogP contribution >= 0.6 is 0 Å². The predicted octanol–water partition coefficient (Wildman–Crippen LogP) is 3.54. The van der Waals surface area contributed by atoms with Crippen LogP contribution in [0.25, 0.3) is 0 Å². The van der Waals surface area contributed by atoms with Gasteiger partial charge in [-0.3, -0.25) is 0 Å². The fourth-order valence-electron chi connectivity index (χ4n) is 2.02. The smallest absolute Gasteiger partial charge is 0.119 e. The zero-order valence-electron chi connectivity index (χ0n) is 11.0. The average Bonchev–Trinajstić information content (AvgIpc) is 2.78. The second kappa shape index (κ2) is 5.09. The minimum absolute atomic E-state index is 0.170. The normalized spacial score (nSPS) is 20.5. The van der Waals surface area contributed by atoms with Gasteiger partial charge in [-0.1, -0.05) is 32.9 Å². The van der Waals surface area contributed by atoms with Gasteiger partial charge in [0, 0.05) is 6.61 Å². The predicted molar refractivity (Wildman–Crippen MR) is 69.6 cm³/mol. The van der Waals surface area contributed by atoms with Crippen LogP contribution < -0.4 is 4.74 Å². The molecule has 1 atom stereocenters. The van der Waals surface area contributed by atoms with Gasteiger partial charge in [-0.2, -0.15) is 0 Å². The Morgan fingerprint density at radius 2 is 2.18 bits per heavy atom. The molecule has 1 unspecified atom stereocenters. The maximum atomic E-state index is 5.80. The minimum atomic E-state index is 0.170. The Morgan fingerprint density at radius 1 is 1.35 bits per heavy atom. The lowest BCUT2D eigenvalue weighted by Crippen LogP contribution is -2.17. The highest BCUT2D eigenvalue weighted by Crippen LogP contribution is 2.26. The standard InChI is InChI=1S/C15H22O2/c1-15(2,3)12-6-4-7-13(10-12)17-11-14-8-5-9-16-14/h4,6-7,10,14H,5,8-9,11H2,1-3H3. The van der Waals surface area contributed by atoms with Crippen LogP contribution in [-0.4, -0.2) is 19.3 Å². The van der Waals surface area contributed by atoms with Crippen molar-refractivity contribution in [3.05, 3.63) is 29.8 Å². The van der Waals surface area contributed by atoms with E-state index in [1.54, 1.807) is 0 Å². The molecule has 1 aromatic rings. The van der Waals surface area contributed by atoms with Crippen LogP contribution in [0.3, 0.4) is 0 Å². The van der Waals surface area contributed by atoms with Gasteiger partial charge in [0.25, 0.3) is 0 Å². The third-order valence-corrected chi connectivity index (χ3v) is 3.16. The first kappa shape index (κ1) is 12.4.